The predicted molar refractivity (Wildman–Crippen MR) is 124 cm³/mol. The van der Waals surface area contributed by atoms with E-state index >= 15 is 0 Å². The number of aryl methyl sites for hydroxylation is 3. The lowest BCUT2D eigenvalue weighted by atomic mass is 10.1. The molecule has 6 nitrogen and oxygen atoms in total. The smallest absolute Gasteiger partial charge is 0.307 e. The minimum absolute atomic E-state index is 0.245. The van der Waals surface area contributed by atoms with Crippen LogP contribution in [0.5, 0.6) is 0 Å². The maximum atomic E-state index is 12.3. The number of aromatic nitrogens is 2. The zero-order valence-electron chi connectivity index (χ0n) is 18.3. The van der Waals surface area contributed by atoms with Crippen LogP contribution in [0.15, 0.2) is 53.4 Å². The number of thioether (sulfide) groups is 1. The normalized spacial score (nSPS) is 10.7. The molecule has 0 saturated heterocycles. The Kier molecular flexibility index (Phi) is 7.52. The van der Waals surface area contributed by atoms with E-state index in [0.29, 0.717) is 17.1 Å². The van der Waals surface area contributed by atoms with Gasteiger partial charge >= 0.3 is 5.97 Å². The molecule has 7 heteroatoms. The van der Waals surface area contributed by atoms with Crippen LogP contribution < -0.4 is 5.32 Å². The van der Waals surface area contributed by atoms with Crippen molar-refractivity contribution in [3.8, 4) is 5.69 Å². The summed E-state index contributed by atoms with van der Waals surface area (Å²) in [6, 6.07) is 15.9. The standard InChI is InChI=1S/C24H27N3O3S/c1-16-10-11-21(14-17(16)2)31-13-12-23(29)30-15-22(28)25-24-18(3)26-27(19(24)4)20-8-6-5-7-9-20/h5-11,14H,12-13,15H2,1-4H3,(H,25,28). The minimum Gasteiger partial charge on any atom is -0.456 e. The number of nitrogens with zero attached hydrogens (tertiary/aromatic N) is 2. The average molecular weight is 438 g/mol. The molecule has 1 N–H and O–H groups in total. The molecule has 3 aromatic rings. The zero-order valence-corrected chi connectivity index (χ0v) is 19.1. The lowest BCUT2D eigenvalue weighted by molar-refractivity contribution is -0.146. The Labute approximate surface area is 187 Å². The van der Waals surface area contributed by atoms with Crippen molar-refractivity contribution in [2.24, 2.45) is 0 Å². The predicted octanol–water partition coefficient (Wildman–Crippen LogP) is 4.77. The number of para-hydroxylation sites is 1. The van der Waals surface area contributed by atoms with Crippen LogP contribution in [0.3, 0.4) is 0 Å². The number of anilines is 1. The number of hydrogen-bond acceptors (Lipinski definition) is 5. The lowest BCUT2D eigenvalue weighted by Crippen LogP contribution is -2.21. The molecule has 1 amide bonds. The highest BCUT2D eigenvalue weighted by Crippen LogP contribution is 2.23. The molecule has 1 heterocycles. The number of nitrogens with one attached hydrogen (secondary N) is 1. The van der Waals surface area contributed by atoms with Gasteiger partial charge in [-0.25, -0.2) is 4.68 Å². The van der Waals surface area contributed by atoms with Gasteiger partial charge in [-0.15, -0.1) is 11.8 Å². The van der Waals surface area contributed by atoms with Crippen molar-refractivity contribution in [3.05, 3.63) is 71.0 Å². The summed E-state index contributed by atoms with van der Waals surface area (Å²) in [5, 5.41) is 7.31. The third-order valence-corrected chi connectivity index (χ3v) is 5.97. The van der Waals surface area contributed by atoms with Crippen LogP contribution in [-0.4, -0.2) is 34.0 Å². The van der Waals surface area contributed by atoms with Gasteiger partial charge in [0.2, 0.25) is 0 Å². The van der Waals surface area contributed by atoms with Crippen molar-refractivity contribution in [1.82, 2.24) is 9.78 Å². The number of carbonyl (C=O) groups is 2. The van der Waals surface area contributed by atoms with Crippen LogP contribution >= 0.6 is 11.8 Å². The van der Waals surface area contributed by atoms with Crippen LogP contribution in [0.2, 0.25) is 0 Å². The van der Waals surface area contributed by atoms with E-state index in [2.05, 4.69) is 36.4 Å². The maximum Gasteiger partial charge on any atom is 0.307 e. The molecule has 31 heavy (non-hydrogen) atoms. The molecule has 0 atom stereocenters. The van der Waals surface area contributed by atoms with Gasteiger partial charge < -0.3 is 10.1 Å². The van der Waals surface area contributed by atoms with Gasteiger partial charge in [-0.3, -0.25) is 9.59 Å². The van der Waals surface area contributed by atoms with Crippen molar-refractivity contribution >= 4 is 29.3 Å². The summed E-state index contributed by atoms with van der Waals surface area (Å²) in [5.41, 5.74) is 5.53. The number of carbonyl (C=O) groups excluding carboxylic acids is 2. The van der Waals surface area contributed by atoms with Crippen molar-refractivity contribution in [3.63, 3.8) is 0 Å². The Hall–Kier alpha value is -3.06. The molecular weight excluding hydrogens is 410 g/mol. The molecule has 0 saturated carbocycles. The van der Waals surface area contributed by atoms with Gasteiger partial charge in [0.25, 0.3) is 5.91 Å². The number of ether oxygens (including phenoxy) is 1. The third-order valence-electron chi connectivity index (χ3n) is 4.97. The summed E-state index contributed by atoms with van der Waals surface area (Å²) in [4.78, 5) is 25.4. The highest BCUT2D eigenvalue weighted by molar-refractivity contribution is 7.99. The topological polar surface area (TPSA) is 73.2 Å². The van der Waals surface area contributed by atoms with Gasteiger partial charge in [-0.1, -0.05) is 24.3 Å². The molecular formula is C24H27N3O3S. The molecule has 0 bridgehead atoms. The van der Waals surface area contributed by atoms with Crippen LogP contribution in [0.4, 0.5) is 5.69 Å². The molecule has 0 aliphatic carbocycles. The van der Waals surface area contributed by atoms with E-state index in [9.17, 15) is 9.59 Å². The van der Waals surface area contributed by atoms with E-state index in [1.807, 2.05) is 50.2 Å². The van der Waals surface area contributed by atoms with E-state index in [1.54, 1.807) is 16.4 Å². The maximum absolute atomic E-state index is 12.3. The van der Waals surface area contributed by atoms with Crippen molar-refractivity contribution in [2.75, 3.05) is 17.7 Å². The molecule has 162 valence electrons. The average Bonchev–Trinajstić information content (AvgIpc) is 3.03. The highest BCUT2D eigenvalue weighted by Gasteiger charge is 2.16. The summed E-state index contributed by atoms with van der Waals surface area (Å²) >= 11 is 1.60. The molecule has 0 fully saturated rings. The molecule has 0 aliphatic heterocycles. The van der Waals surface area contributed by atoms with Crippen molar-refractivity contribution in [1.29, 1.82) is 0 Å². The van der Waals surface area contributed by atoms with Crippen LogP contribution in [0, 0.1) is 27.7 Å². The SMILES string of the molecule is Cc1ccc(SCCC(=O)OCC(=O)Nc2c(C)nn(-c3ccccc3)c2C)cc1C. The lowest BCUT2D eigenvalue weighted by Gasteiger charge is -2.08. The number of hydrogen-bond donors (Lipinski definition) is 1. The number of esters is 1. The first kappa shape index (κ1) is 22.6. The Morgan fingerprint density at radius 2 is 1.77 bits per heavy atom. The van der Waals surface area contributed by atoms with Gasteiger partial charge in [-0.05, 0) is 63.1 Å². The van der Waals surface area contributed by atoms with Crippen LogP contribution in [0.1, 0.15) is 28.9 Å². The first-order chi connectivity index (χ1) is 14.8. The molecule has 2 aromatic carbocycles. The summed E-state index contributed by atoms with van der Waals surface area (Å²) < 4.78 is 6.92. The van der Waals surface area contributed by atoms with E-state index in [4.69, 9.17) is 4.74 Å². The van der Waals surface area contributed by atoms with Gasteiger partial charge in [0.15, 0.2) is 6.61 Å². The fraction of sp³-hybridized carbons (Fsp3) is 0.292. The Morgan fingerprint density at radius 1 is 1.03 bits per heavy atom. The second kappa shape index (κ2) is 10.3. The number of benzene rings is 2. The van der Waals surface area contributed by atoms with Gasteiger partial charge in [-0.2, -0.15) is 5.10 Å². The van der Waals surface area contributed by atoms with Gasteiger partial charge in [0.1, 0.15) is 0 Å². The second-order valence-corrected chi connectivity index (χ2v) is 8.51. The monoisotopic (exact) mass is 437 g/mol. The summed E-state index contributed by atoms with van der Waals surface area (Å²) in [7, 11) is 0. The summed E-state index contributed by atoms with van der Waals surface area (Å²) in [5.74, 6) is -0.167. The fourth-order valence-corrected chi connectivity index (χ4v) is 4.02. The molecule has 0 spiro atoms. The Morgan fingerprint density at radius 3 is 2.48 bits per heavy atom. The van der Waals surface area contributed by atoms with E-state index < -0.39 is 0 Å². The quantitative estimate of drug-likeness (QED) is 0.406. The largest absolute Gasteiger partial charge is 0.456 e. The van der Waals surface area contributed by atoms with Gasteiger partial charge in [0.05, 0.1) is 29.2 Å². The first-order valence-corrected chi connectivity index (χ1v) is 11.1. The number of amides is 1. The molecule has 0 unspecified atom stereocenters. The Balaban J connectivity index is 1.47. The number of rotatable bonds is 8. The van der Waals surface area contributed by atoms with Crippen molar-refractivity contribution in [2.45, 2.75) is 39.0 Å². The zero-order chi connectivity index (χ0) is 22.4. The molecule has 1 aromatic heterocycles. The van der Waals surface area contributed by atoms with Crippen LogP contribution in [-0.2, 0) is 14.3 Å². The molecule has 0 radical (unpaired) electrons. The van der Waals surface area contributed by atoms with Gasteiger partial charge in [0, 0.05) is 10.6 Å². The van der Waals surface area contributed by atoms with E-state index in [1.165, 1.54) is 11.1 Å². The third kappa shape index (κ3) is 5.98. The highest BCUT2D eigenvalue weighted by atomic mass is 32.2. The minimum atomic E-state index is -0.389. The van der Waals surface area contributed by atoms with Crippen LogP contribution in [0.25, 0.3) is 5.69 Å². The Bertz CT molecular complexity index is 1080. The summed E-state index contributed by atoms with van der Waals surface area (Å²) in [6.45, 7) is 7.54. The van der Waals surface area contributed by atoms with Crippen molar-refractivity contribution < 1.29 is 14.3 Å². The molecule has 3 rings (SSSR count). The van der Waals surface area contributed by atoms with E-state index in [-0.39, 0.29) is 24.9 Å². The first-order valence-electron chi connectivity index (χ1n) is 10.1. The van der Waals surface area contributed by atoms with E-state index in [0.717, 1.165) is 16.3 Å². The summed E-state index contributed by atoms with van der Waals surface area (Å²) in [6.07, 6.45) is 0.245. The fourth-order valence-electron chi connectivity index (χ4n) is 3.09. The second-order valence-electron chi connectivity index (χ2n) is 7.35. The molecule has 0 aliphatic rings.